The van der Waals surface area contributed by atoms with Crippen molar-refractivity contribution in [3.63, 3.8) is 0 Å². The zero-order chi connectivity index (χ0) is 25.4. The molecule has 0 bridgehead atoms. The summed E-state index contributed by atoms with van der Waals surface area (Å²) in [5.41, 5.74) is 4.46. The SMILES string of the molecule is COc1nnc(Cl)cc1-c1ccc2nc(Nc3cc(CN4CCN(C(=O)C5CC5)CC4)ccn3)[nH]c2c1. The van der Waals surface area contributed by atoms with Crippen molar-refractivity contribution in [2.45, 2.75) is 19.4 Å². The number of nitrogens with zero attached hydrogens (tertiary/aromatic N) is 6. The fourth-order valence-electron chi connectivity index (χ4n) is 4.69. The lowest BCUT2D eigenvalue weighted by atomic mass is 10.1. The highest BCUT2D eigenvalue weighted by atomic mass is 35.5. The molecule has 37 heavy (non-hydrogen) atoms. The van der Waals surface area contributed by atoms with Gasteiger partial charge >= 0.3 is 0 Å². The van der Waals surface area contributed by atoms with E-state index in [0.29, 0.717) is 34.6 Å². The van der Waals surface area contributed by atoms with Crippen molar-refractivity contribution in [3.05, 3.63) is 53.3 Å². The van der Waals surface area contributed by atoms with Crippen LogP contribution in [0.3, 0.4) is 0 Å². The van der Waals surface area contributed by atoms with Crippen molar-refractivity contribution in [2.75, 3.05) is 38.6 Å². The van der Waals surface area contributed by atoms with Crippen LogP contribution in [0.1, 0.15) is 18.4 Å². The van der Waals surface area contributed by atoms with E-state index < -0.39 is 0 Å². The quantitative estimate of drug-likeness (QED) is 0.379. The number of H-pyrrole nitrogens is 1. The number of aromatic amines is 1. The standard InChI is InChI=1S/C26H27ClN8O2/c1-37-24-19(14-22(27)32-33-24)18-4-5-20-21(13-18)30-26(29-20)31-23-12-16(6-7-28-23)15-34-8-10-35(11-9-34)25(36)17-2-3-17/h4-7,12-14,17H,2-3,8-11,15H2,1H3,(H2,28,29,30,31). The van der Waals surface area contributed by atoms with Gasteiger partial charge in [-0.1, -0.05) is 17.7 Å². The molecule has 4 heterocycles. The molecule has 11 heteroatoms. The smallest absolute Gasteiger partial charge is 0.241 e. The molecule has 0 radical (unpaired) electrons. The molecule has 1 saturated heterocycles. The van der Waals surface area contributed by atoms with E-state index in [4.69, 9.17) is 16.3 Å². The van der Waals surface area contributed by atoms with E-state index in [0.717, 1.165) is 73.3 Å². The molecule has 4 aromatic rings. The molecule has 1 aliphatic carbocycles. The monoisotopic (exact) mass is 518 g/mol. The maximum absolute atomic E-state index is 12.3. The Morgan fingerprint density at radius 1 is 1.14 bits per heavy atom. The van der Waals surface area contributed by atoms with Crippen molar-refractivity contribution < 1.29 is 9.53 Å². The van der Waals surface area contributed by atoms with Gasteiger partial charge in [0.2, 0.25) is 17.7 Å². The molecule has 3 aromatic heterocycles. The van der Waals surface area contributed by atoms with Crippen LogP contribution in [0.4, 0.5) is 11.8 Å². The lowest BCUT2D eigenvalue weighted by molar-refractivity contribution is -0.134. The first-order chi connectivity index (χ1) is 18.1. The second kappa shape index (κ2) is 9.95. The summed E-state index contributed by atoms with van der Waals surface area (Å²) in [5.74, 6) is 2.35. The number of nitrogens with one attached hydrogen (secondary N) is 2. The Labute approximate surface area is 219 Å². The number of pyridine rings is 1. The third-order valence-corrected chi connectivity index (χ3v) is 6.99. The third-order valence-electron chi connectivity index (χ3n) is 6.80. The second-order valence-corrected chi connectivity index (χ2v) is 9.84. The minimum atomic E-state index is 0.291. The number of carbonyl (C=O) groups is 1. The number of carbonyl (C=O) groups excluding carboxylic acids is 1. The zero-order valence-corrected chi connectivity index (χ0v) is 21.2. The highest BCUT2D eigenvalue weighted by Crippen LogP contribution is 2.32. The summed E-state index contributed by atoms with van der Waals surface area (Å²) >= 11 is 6.06. The van der Waals surface area contributed by atoms with E-state index in [2.05, 4.69) is 35.4 Å². The summed E-state index contributed by atoms with van der Waals surface area (Å²) in [6.45, 7) is 4.20. The number of anilines is 2. The van der Waals surface area contributed by atoms with Gasteiger partial charge in [-0.25, -0.2) is 9.97 Å². The van der Waals surface area contributed by atoms with Crippen molar-refractivity contribution in [1.82, 2.24) is 34.9 Å². The van der Waals surface area contributed by atoms with Gasteiger partial charge in [-0.05, 0) is 54.3 Å². The van der Waals surface area contributed by atoms with Crippen molar-refractivity contribution >= 4 is 40.3 Å². The molecule has 6 rings (SSSR count). The van der Waals surface area contributed by atoms with Gasteiger partial charge in [0.05, 0.1) is 18.1 Å². The van der Waals surface area contributed by atoms with Crippen LogP contribution in [-0.4, -0.2) is 74.1 Å². The number of fused-ring (bicyclic) bond motifs is 1. The Bertz CT molecular complexity index is 1450. The molecule has 0 spiro atoms. The fraction of sp³-hybridized carbons (Fsp3) is 0.346. The molecular weight excluding hydrogens is 492 g/mol. The maximum atomic E-state index is 12.3. The van der Waals surface area contributed by atoms with Gasteiger partial charge in [-0.3, -0.25) is 9.69 Å². The average molecular weight is 519 g/mol. The molecule has 2 aliphatic rings. The number of amides is 1. The van der Waals surface area contributed by atoms with Crippen molar-refractivity contribution in [3.8, 4) is 17.0 Å². The Morgan fingerprint density at radius 2 is 1.97 bits per heavy atom. The average Bonchev–Trinajstić information content (AvgIpc) is 3.68. The van der Waals surface area contributed by atoms with Crippen LogP contribution in [0.2, 0.25) is 5.15 Å². The summed E-state index contributed by atoms with van der Waals surface area (Å²) in [5, 5.41) is 11.4. The first kappa shape index (κ1) is 23.6. The maximum Gasteiger partial charge on any atom is 0.241 e. The summed E-state index contributed by atoms with van der Waals surface area (Å²) in [7, 11) is 1.55. The molecule has 2 fully saturated rings. The number of aromatic nitrogens is 5. The van der Waals surface area contributed by atoms with Crippen LogP contribution in [0.5, 0.6) is 5.88 Å². The largest absolute Gasteiger partial charge is 0.479 e. The van der Waals surface area contributed by atoms with Crippen LogP contribution in [0, 0.1) is 5.92 Å². The molecule has 1 amide bonds. The number of benzene rings is 1. The predicted molar refractivity (Wildman–Crippen MR) is 141 cm³/mol. The van der Waals surface area contributed by atoms with E-state index in [-0.39, 0.29) is 0 Å². The Morgan fingerprint density at radius 3 is 2.76 bits per heavy atom. The first-order valence-electron chi connectivity index (χ1n) is 12.4. The van der Waals surface area contributed by atoms with Crippen molar-refractivity contribution in [2.24, 2.45) is 5.92 Å². The summed E-state index contributed by atoms with van der Waals surface area (Å²) in [6.07, 6.45) is 3.92. The molecule has 0 atom stereocenters. The first-order valence-corrected chi connectivity index (χ1v) is 12.7. The predicted octanol–water partition coefficient (Wildman–Crippen LogP) is 3.87. The molecule has 10 nitrogen and oxygen atoms in total. The van der Waals surface area contributed by atoms with Crippen molar-refractivity contribution in [1.29, 1.82) is 0 Å². The lowest BCUT2D eigenvalue weighted by Crippen LogP contribution is -2.48. The molecule has 1 aromatic carbocycles. The Balaban J connectivity index is 1.13. The molecule has 0 unspecified atom stereocenters. The van der Waals surface area contributed by atoms with E-state index >= 15 is 0 Å². The van der Waals surface area contributed by atoms with Crippen LogP contribution >= 0.6 is 11.6 Å². The third kappa shape index (κ3) is 5.21. The van der Waals surface area contributed by atoms with E-state index in [1.807, 2.05) is 35.2 Å². The van der Waals surface area contributed by atoms with Crippen LogP contribution in [-0.2, 0) is 11.3 Å². The molecule has 1 aliphatic heterocycles. The number of rotatable bonds is 7. The topological polar surface area (TPSA) is 112 Å². The van der Waals surface area contributed by atoms with E-state index in [1.165, 1.54) is 0 Å². The number of ether oxygens (including phenoxy) is 1. The molecule has 190 valence electrons. The number of imidazole rings is 1. The minimum Gasteiger partial charge on any atom is -0.479 e. The van der Waals surface area contributed by atoms with Crippen LogP contribution < -0.4 is 10.1 Å². The van der Waals surface area contributed by atoms with Gasteiger partial charge in [-0.2, -0.15) is 0 Å². The molecular formula is C26H27ClN8O2. The van der Waals surface area contributed by atoms with Crippen LogP contribution in [0.25, 0.3) is 22.2 Å². The number of hydrogen-bond donors (Lipinski definition) is 2. The Kier molecular flexibility index (Phi) is 6.35. The zero-order valence-electron chi connectivity index (χ0n) is 20.4. The van der Waals surface area contributed by atoms with E-state index in [9.17, 15) is 4.79 Å². The Hall–Kier alpha value is -3.76. The number of hydrogen-bond acceptors (Lipinski definition) is 8. The van der Waals surface area contributed by atoms with Gasteiger partial charge in [-0.15, -0.1) is 10.2 Å². The molecule has 1 saturated carbocycles. The summed E-state index contributed by atoms with van der Waals surface area (Å²) < 4.78 is 5.34. The van der Waals surface area contributed by atoms with Gasteiger partial charge in [0.1, 0.15) is 5.82 Å². The van der Waals surface area contributed by atoms with Crippen LogP contribution in [0.15, 0.2) is 42.6 Å². The minimum absolute atomic E-state index is 0.291. The van der Waals surface area contributed by atoms with Gasteiger partial charge < -0.3 is 19.9 Å². The summed E-state index contributed by atoms with van der Waals surface area (Å²) in [4.78, 5) is 29.2. The fourth-order valence-corrected chi connectivity index (χ4v) is 4.83. The lowest BCUT2D eigenvalue weighted by Gasteiger charge is -2.34. The van der Waals surface area contributed by atoms with Gasteiger partial charge in [0, 0.05) is 50.4 Å². The highest BCUT2D eigenvalue weighted by molar-refractivity contribution is 6.29. The van der Waals surface area contributed by atoms with E-state index in [1.54, 1.807) is 19.4 Å². The number of piperazine rings is 1. The number of methoxy groups -OCH3 is 1. The normalized spacial score (nSPS) is 16.2. The van der Waals surface area contributed by atoms with Gasteiger partial charge in [0.15, 0.2) is 5.15 Å². The molecule has 2 N–H and O–H groups in total. The number of halogens is 1. The van der Waals surface area contributed by atoms with Gasteiger partial charge in [0.25, 0.3) is 0 Å². The summed E-state index contributed by atoms with van der Waals surface area (Å²) in [6, 6.07) is 11.6. The second-order valence-electron chi connectivity index (χ2n) is 9.46. The highest BCUT2D eigenvalue weighted by Gasteiger charge is 2.34.